The number of carbonyl (C=O) groups is 1. The second-order valence-corrected chi connectivity index (χ2v) is 5.41. The number of nitrogens with zero attached hydrogens (tertiary/aromatic N) is 2. The minimum atomic E-state index is -4.53. The van der Waals surface area contributed by atoms with Gasteiger partial charge in [-0.3, -0.25) is 0 Å². The van der Waals surface area contributed by atoms with Crippen molar-refractivity contribution in [3.63, 3.8) is 0 Å². The van der Waals surface area contributed by atoms with Crippen LogP contribution in [0.3, 0.4) is 0 Å². The number of hydrogen-bond acceptors (Lipinski definition) is 4. The molecular weight excluding hydrogens is 361 g/mol. The Bertz CT molecular complexity index is 937. The first-order valence-electron chi connectivity index (χ1n) is 6.80. The first-order chi connectivity index (χ1) is 11.8. The van der Waals surface area contributed by atoms with E-state index < -0.39 is 17.7 Å². The summed E-state index contributed by atoms with van der Waals surface area (Å²) in [7, 11) is 0. The average molecular weight is 369 g/mol. The zero-order chi connectivity index (χ0) is 18.2. The highest BCUT2D eigenvalue weighted by molar-refractivity contribution is 6.33. The summed E-state index contributed by atoms with van der Waals surface area (Å²) in [6, 6.07) is 8.40. The van der Waals surface area contributed by atoms with Gasteiger partial charge in [-0.2, -0.15) is 18.2 Å². The number of carboxylic acids is 1. The molecule has 0 radical (unpaired) electrons. The van der Waals surface area contributed by atoms with Crippen LogP contribution in [-0.4, -0.2) is 21.2 Å². The van der Waals surface area contributed by atoms with Gasteiger partial charge in [0.25, 0.3) is 5.89 Å². The lowest BCUT2D eigenvalue weighted by atomic mass is 10.1. The second kappa shape index (κ2) is 6.21. The Labute approximate surface area is 143 Å². The highest BCUT2D eigenvalue weighted by Crippen LogP contribution is 2.35. The van der Waals surface area contributed by atoms with Crippen molar-refractivity contribution >= 4 is 17.6 Å². The molecule has 1 heterocycles. The van der Waals surface area contributed by atoms with Crippen molar-refractivity contribution in [3.8, 4) is 22.8 Å². The van der Waals surface area contributed by atoms with Gasteiger partial charge in [0.15, 0.2) is 0 Å². The number of hydrogen-bond donors (Lipinski definition) is 1. The van der Waals surface area contributed by atoms with Gasteiger partial charge in [0.2, 0.25) is 5.82 Å². The average Bonchev–Trinajstić information content (AvgIpc) is 3.04. The van der Waals surface area contributed by atoms with Crippen molar-refractivity contribution in [3.05, 3.63) is 58.6 Å². The van der Waals surface area contributed by atoms with E-state index in [-0.39, 0.29) is 27.9 Å². The predicted molar refractivity (Wildman–Crippen MR) is 82.1 cm³/mol. The summed E-state index contributed by atoms with van der Waals surface area (Å²) in [5.74, 6) is -1.16. The molecule has 0 bridgehead atoms. The Kier molecular flexibility index (Phi) is 4.22. The standard InChI is InChI=1S/C16H8ClF3N2O3/c17-12-6-5-10(16(18,19)20)7-11(12)13-21-14(25-22-13)8-1-3-9(4-2-8)15(23)24/h1-7H,(H,23,24). The van der Waals surface area contributed by atoms with E-state index in [1.54, 1.807) is 0 Å². The van der Waals surface area contributed by atoms with Crippen LogP contribution in [0.15, 0.2) is 47.0 Å². The van der Waals surface area contributed by atoms with Gasteiger partial charge >= 0.3 is 12.1 Å². The lowest BCUT2D eigenvalue weighted by Crippen LogP contribution is -2.04. The van der Waals surface area contributed by atoms with Gasteiger partial charge in [-0.25, -0.2) is 4.79 Å². The van der Waals surface area contributed by atoms with Gasteiger partial charge in [0.1, 0.15) is 0 Å². The fourth-order valence-electron chi connectivity index (χ4n) is 2.08. The summed E-state index contributed by atoms with van der Waals surface area (Å²) in [6.07, 6.45) is -4.53. The van der Waals surface area contributed by atoms with E-state index in [1.165, 1.54) is 24.3 Å². The van der Waals surface area contributed by atoms with Crippen molar-refractivity contribution in [1.29, 1.82) is 0 Å². The maximum atomic E-state index is 12.8. The van der Waals surface area contributed by atoms with Gasteiger partial charge in [0.05, 0.1) is 16.1 Å². The van der Waals surface area contributed by atoms with Gasteiger partial charge in [0, 0.05) is 11.1 Å². The quantitative estimate of drug-likeness (QED) is 0.720. The number of carboxylic acid groups (broad SMARTS) is 1. The molecule has 9 heteroatoms. The number of alkyl halides is 3. The van der Waals surface area contributed by atoms with Gasteiger partial charge in [-0.1, -0.05) is 16.8 Å². The molecule has 3 rings (SSSR count). The normalized spacial score (nSPS) is 11.5. The molecule has 0 spiro atoms. The number of rotatable bonds is 3. The minimum Gasteiger partial charge on any atom is -0.478 e. The number of aromatic carboxylic acids is 1. The molecule has 2 aromatic carbocycles. The van der Waals surface area contributed by atoms with E-state index in [9.17, 15) is 18.0 Å². The number of aromatic nitrogens is 2. The van der Waals surface area contributed by atoms with Crippen LogP contribution in [0.4, 0.5) is 13.2 Å². The third kappa shape index (κ3) is 3.48. The lowest BCUT2D eigenvalue weighted by molar-refractivity contribution is -0.137. The molecule has 5 nitrogen and oxygen atoms in total. The van der Waals surface area contributed by atoms with Crippen molar-refractivity contribution < 1.29 is 27.6 Å². The monoisotopic (exact) mass is 368 g/mol. The highest BCUT2D eigenvalue weighted by Gasteiger charge is 2.31. The molecule has 25 heavy (non-hydrogen) atoms. The molecular formula is C16H8ClF3N2O3. The fraction of sp³-hybridized carbons (Fsp3) is 0.0625. The molecule has 0 fully saturated rings. The van der Waals surface area contributed by atoms with Crippen LogP contribution < -0.4 is 0 Å². The summed E-state index contributed by atoms with van der Waals surface area (Å²) in [4.78, 5) is 14.9. The van der Waals surface area contributed by atoms with Crippen molar-refractivity contribution in [1.82, 2.24) is 10.1 Å². The van der Waals surface area contributed by atoms with Crippen LogP contribution in [0.25, 0.3) is 22.8 Å². The molecule has 0 atom stereocenters. The Balaban J connectivity index is 1.97. The summed E-state index contributed by atoms with van der Waals surface area (Å²) in [6.45, 7) is 0. The van der Waals surface area contributed by atoms with Crippen LogP contribution in [0.1, 0.15) is 15.9 Å². The highest BCUT2D eigenvalue weighted by atomic mass is 35.5. The van der Waals surface area contributed by atoms with Crippen LogP contribution in [-0.2, 0) is 6.18 Å². The topological polar surface area (TPSA) is 76.2 Å². The third-order valence-corrected chi connectivity index (χ3v) is 3.67. The lowest BCUT2D eigenvalue weighted by Gasteiger charge is -2.08. The zero-order valence-electron chi connectivity index (χ0n) is 12.2. The molecule has 1 aromatic heterocycles. The smallest absolute Gasteiger partial charge is 0.416 e. The summed E-state index contributed by atoms with van der Waals surface area (Å²) < 4.78 is 43.5. The summed E-state index contributed by atoms with van der Waals surface area (Å²) in [5.41, 5.74) is -0.408. The molecule has 0 saturated heterocycles. The Hall–Kier alpha value is -2.87. The molecule has 0 aliphatic rings. The van der Waals surface area contributed by atoms with E-state index in [0.717, 1.165) is 18.2 Å². The van der Waals surface area contributed by atoms with Gasteiger partial charge in [-0.05, 0) is 42.5 Å². The molecule has 0 aliphatic heterocycles. The van der Waals surface area contributed by atoms with Gasteiger partial charge in [-0.15, -0.1) is 0 Å². The first kappa shape index (κ1) is 17.0. The molecule has 0 aliphatic carbocycles. The van der Waals surface area contributed by atoms with Crippen LogP contribution >= 0.6 is 11.6 Å². The zero-order valence-corrected chi connectivity index (χ0v) is 13.0. The minimum absolute atomic E-state index is 0.0198. The van der Waals surface area contributed by atoms with E-state index in [0.29, 0.717) is 5.56 Å². The van der Waals surface area contributed by atoms with Crippen molar-refractivity contribution in [2.24, 2.45) is 0 Å². The van der Waals surface area contributed by atoms with E-state index >= 15 is 0 Å². The van der Waals surface area contributed by atoms with E-state index in [2.05, 4.69) is 10.1 Å². The van der Waals surface area contributed by atoms with Crippen LogP contribution in [0, 0.1) is 0 Å². The van der Waals surface area contributed by atoms with Crippen LogP contribution in [0.2, 0.25) is 5.02 Å². The SMILES string of the molecule is O=C(O)c1ccc(-c2nc(-c3cc(C(F)(F)F)ccc3Cl)no2)cc1. The summed E-state index contributed by atoms with van der Waals surface area (Å²) >= 11 is 5.94. The van der Waals surface area contributed by atoms with E-state index in [4.69, 9.17) is 21.2 Å². The summed E-state index contributed by atoms with van der Waals surface area (Å²) in [5, 5.41) is 12.6. The number of benzene rings is 2. The van der Waals surface area contributed by atoms with Crippen LogP contribution in [0.5, 0.6) is 0 Å². The maximum Gasteiger partial charge on any atom is 0.416 e. The second-order valence-electron chi connectivity index (χ2n) is 5.00. The predicted octanol–water partition coefficient (Wildman–Crippen LogP) is 4.77. The molecule has 1 N–H and O–H groups in total. The Morgan fingerprint density at radius 3 is 2.40 bits per heavy atom. The fourth-order valence-corrected chi connectivity index (χ4v) is 2.28. The molecule has 0 amide bonds. The van der Waals surface area contributed by atoms with E-state index in [1.807, 2.05) is 0 Å². The maximum absolute atomic E-state index is 12.8. The Morgan fingerprint density at radius 2 is 1.80 bits per heavy atom. The number of halogens is 4. The molecule has 128 valence electrons. The Morgan fingerprint density at radius 1 is 1.12 bits per heavy atom. The molecule has 3 aromatic rings. The molecule has 0 unspecified atom stereocenters. The van der Waals surface area contributed by atoms with Crippen molar-refractivity contribution in [2.75, 3.05) is 0 Å². The van der Waals surface area contributed by atoms with Gasteiger partial charge < -0.3 is 9.63 Å². The third-order valence-electron chi connectivity index (χ3n) is 3.34. The van der Waals surface area contributed by atoms with Crippen molar-refractivity contribution in [2.45, 2.75) is 6.18 Å². The first-order valence-corrected chi connectivity index (χ1v) is 7.18. The largest absolute Gasteiger partial charge is 0.478 e. The molecule has 0 saturated carbocycles.